The summed E-state index contributed by atoms with van der Waals surface area (Å²) in [6.45, 7) is 2.23. The smallest absolute Gasteiger partial charge is 0.416 e. The van der Waals surface area contributed by atoms with E-state index in [1.807, 2.05) is 0 Å². The molecule has 0 bridgehead atoms. The van der Waals surface area contributed by atoms with Crippen molar-refractivity contribution in [2.24, 2.45) is 11.3 Å². The lowest BCUT2D eigenvalue weighted by Crippen LogP contribution is -2.35. The van der Waals surface area contributed by atoms with Gasteiger partial charge in [0.25, 0.3) is 0 Å². The van der Waals surface area contributed by atoms with Crippen LogP contribution < -0.4 is 0 Å². The number of rotatable bonds is 3. The average molecular weight is 341 g/mol. The normalized spacial score (nSPS) is 29.6. The molecule has 3 atom stereocenters. The highest BCUT2D eigenvalue weighted by Gasteiger charge is 2.50. The summed E-state index contributed by atoms with van der Waals surface area (Å²) in [4.78, 5) is 25.3. The van der Waals surface area contributed by atoms with E-state index in [0.717, 1.165) is 17.7 Å². The molecule has 1 aliphatic heterocycles. The summed E-state index contributed by atoms with van der Waals surface area (Å²) < 4.78 is 37.7. The number of likely N-dealkylation sites (tertiary alicyclic amines) is 1. The number of amides is 1. The minimum atomic E-state index is -4.37. The number of benzene rings is 1. The third-order valence-corrected chi connectivity index (χ3v) is 5.08. The molecule has 24 heavy (non-hydrogen) atoms. The van der Waals surface area contributed by atoms with Gasteiger partial charge < -0.3 is 10.0 Å². The summed E-state index contributed by atoms with van der Waals surface area (Å²) >= 11 is 0. The highest BCUT2D eigenvalue weighted by Crippen LogP contribution is 2.49. The summed E-state index contributed by atoms with van der Waals surface area (Å²) in [5.41, 5.74) is -0.887. The molecule has 2 fully saturated rings. The second-order valence-electron chi connectivity index (χ2n) is 6.94. The topological polar surface area (TPSA) is 57.6 Å². The number of hydrogen-bond acceptors (Lipinski definition) is 2. The lowest BCUT2D eigenvalue weighted by Gasteiger charge is -2.20. The summed E-state index contributed by atoms with van der Waals surface area (Å²) in [6, 6.07) is 4.91. The van der Waals surface area contributed by atoms with Crippen LogP contribution in [0.15, 0.2) is 24.3 Å². The van der Waals surface area contributed by atoms with Gasteiger partial charge in [0.1, 0.15) is 0 Å². The van der Waals surface area contributed by atoms with Crippen LogP contribution in [0.25, 0.3) is 0 Å². The van der Waals surface area contributed by atoms with Crippen LogP contribution in [-0.4, -0.2) is 35.0 Å². The molecule has 1 aliphatic carbocycles. The van der Waals surface area contributed by atoms with Crippen molar-refractivity contribution in [2.45, 2.75) is 31.9 Å². The fourth-order valence-corrected chi connectivity index (χ4v) is 3.31. The highest BCUT2D eigenvalue weighted by molar-refractivity contribution is 5.85. The van der Waals surface area contributed by atoms with Crippen molar-refractivity contribution in [3.05, 3.63) is 35.4 Å². The first-order valence-electron chi connectivity index (χ1n) is 7.81. The Balaban J connectivity index is 1.63. The van der Waals surface area contributed by atoms with Crippen LogP contribution in [0, 0.1) is 11.3 Å². The molecule has 1 amide bonds. The number of carboxylic acid groups (broad SMARTS) is 1. The molecule has 7 heteroatoms. The van der Waals surface area contributed by atoms with Gasteiger partial charge in [-0.2, -0.15) is 13.2 Å². The van der Waals surface area contributed by atoms with Crippen LogP contribution in [0.2, 0.25) is 0 Å². The zero-order valence-electron chi connectivity index (χ0n) is 13.1. The van der Waals surface area contributed by atoms with Gasteiger partial charge in [-0.3, -0.25) is 9.59 Å². The van der Waals surface area contributed by atoms with E-state index in [2.05, 4.69) is 0 Å². The van der Waals surface area contributed by atoms with Gasteiger partial charge in [-0.15, -0.1) is 0 Å². The number of carbonyl (C=O) groups is 2. The number of alkyl halides is 3. The molecule has 0 radical (unpaired) electrons. The number of carboxylic acids is 1. The molecule has 0 spiro atoms. The van der Waals surface area contributed by atoms with Crippen molar-refractivity contribution in [1.82, 2.24) is 4.90 Å². The Kier molecular flexibility index (Phi) is 3.85. The maximum absolute atomic E-state index is 12.6. The van der Waals surface area contributed by atoms with E-state index < -0.39 is 23.1 Å². The maximum Gasteiger partial charge on any atom is 0.416 e. The predicted molar refractivity (Wildman–Crippen MR) is 79.2 cm³/mol. The second-order valence-corrected chi connectivity index (χ2v) is 6.94. The van der Waals surface area contributed by atoms with Gasteiger partial charge in [-0.05, 0) is 43.4 Å². The third-order valence-electron chi connectivity index (χ3n) is 5.08. The minimum absolute atomic E-state index is 0.0727. The minimum Gasteiger partial charge on any atom is -0.481 e. The summed E-state index contributed by atoms with van der Waals surface area (Å²) in [6.07, 6.45) is -3.34. The Labute approximate surface area is 137 Å². The van der Waals surface area contributed by atoms with Crippen molar-refractivity contribution in [2.75, 3.05) is 13.1 Å². The van der Waals surface area contributed by atoms with Gasteiger partial charge in [0.2, 0.25) is 5.91 Å². The fraction of sp³-hybridized carbons (Fsp3) is 0.529. The zero-order chi connectivity index (χ0) is 17.7. The third kappa shape index (κ3) is 2.99. The monoisotopic (exact) mass is 341 g/mol. The standard InChI is InChI=1S/C17H18F3NO3/c1-16(15(23)24)6-7-21(9-16)14(22)13-8-12(13)10-2-4-11(5-3-10)17(18,19)20/h2-5,12-13H,6-9H2,1H3,(H,23,24)/t12-,13+,16-/m0/s1. The van der Waals surface area contributed by atoms with Crippen LogP contribution in [-0.2, 0) is 15.8 Å². The molecular formula is C17H18F3NO3. The first-order valence-corrected chi connectivity index (χ1v) is 7.81. The van der Waals surface area contributed by atoms with E-state index in [-0.39, 0.29) is 24.3 Å². The van der Waals surface area contributed by atoms with Crippen molar-refractivity contribution in [1.29, 1.82) is 0 Å². The highest BCUT2D eigenvalue weighted by atomic mass is 19.4. The molecular weight excluding hydrogens is 323 g/mol. The van der Waals surface area contributed by atoms with Gasteiger partial charge in [-0.1, -0.05) is 12.1 Å². The van der Waals surface area contributed by atoms with Crippen LogP contribution in [0.1, 0.15) is 36.8 Å². The van der Waals surface area contributed by atoms with Gasteiger partial charge in [0.05, 0.1) is 11.0 Å². The Hall–Kier alpha value is -2.05. The largest absolute Gasteiger partial charge is 0.481 e. The molecule has 3 rings (SSSR count). The SMILES string of the molecule is C[C@]1(C(=O)O)CCN(C(=O)[C@@H]2C[C@H]2c2ccc(C(F)(F)F)cc2)C1. The van der Waals surface area contributed by atoms with Crippen molar-refractivity contribution >= 4 is 11.9 Å². The summed E-state index contributed by atoms with van der Waals surface area (Å²) in [5.74, 6) is -1.33. The van der Waals surface area contributed by atoms with E-state index in [1.165, 1.54) is 12.1 Å². The molecule has 0 aromatic heterocycles. The zero-order valence-corrected chi connectivity index (χ0v) is 13.1. The van der Waals surface area contributed by atoms with Gasteiger partial charge >= 0.3 is 12.1 Å². The molecule has 1 heterocycles. The van der Waals surface area contributed by atoms with Crippen LogP contribution in [0.3, 0.4) is 0 Å². The number of nitrogens with zero attached hydrogens (tertiary/aromatic N) is 1. The first kappa shape index (κ1) is 16.8. The number of hydrogen-bond donors (Lipinski definition) is 1. The molecule has 1 saturated heterocycles. The quantitative estimate of drug-likeness (QED) is 0.919. The van der Waals surface area contributed by atoms with Gasteiger partial charge in [0, 0.05) is 19.0 Å². The summed E-state index contributed by atoms with van der Waals surface area (Å²) in [5, 5.41) is 9.22. The molecule has 0 unspecified atom stereocenters. The Bertz CT molecular complexity index is 671. The molecule has 1 aromatic carbocycles. The Morgan fingerprint density at radius 1 is 1.25 bits per heavy atom. The average Bonchev–Trinajstić information content (AvgIpc) is 3.21. The van der Waals surface area contributed by atoms with Crippen LogP contribution in [0.4, 0.5) is 13.2 Å². The lowest BCUT2D eigenvalue weighted by molar-refractivity contribution is -0.147. The van der Waals surface area contributed by atoms with E-state index in [9.17, 15) is 27.9 Å². The molecule has 1 aromatic rings. The molecule has 2 aliphatic rings. The second kappa shape index (κ2) is 5.50. The van der Waals surface area contributed by atoms with E-state index in [1.54, 1.807) is 11.8 Å². The summed E-state index contributed by atoms with van der Waals surface area (Å²) in [7, 11) is 0. The number of halogens is 3. The Morgan fingerprint density at radius 3 is 2.38 bits per heavy atom. The maximum atomic E-state index is 12.6. The van der Waals surface area contributed by atoms with Crippen LogP contribution >= 0.6 is 0 Å². The first-order chi connectivity index (χ1) is 11.1. The van der Waals surface area contributed by atoms with Crippen molar-refractivity contribution < 1.29 is 27.9 Å². The molecule has 1 N–H and O–H groups in total. The van der Waals surface area contributed by atoms with Crippen molar-refractivity contribution in [3.63, 3.8) is 0 Å². The molecule has 4 nitrogen and oxygen atoms in total. The van der Waals surface area contributed by atoms with Gasteiger partial charge in [-0.25, -0.2) is 0 Å². The van der Waals surface area contributed by atoms with Gasteiger partial charge in [0.15, 0.2) is 0 Å². The van der Waals surface area contributed by atoms with E-state index >= 15 is 0 Å². The molecule has 1 saturated carbocycles. The van der Waals surface area contributed by atoms with Crippen LogP contribution in [0.5, 0.6) is 0 Å². The predicted octanol–water partition coefficient (Wildman–Crippen LogP) is 3.13. The van der Waals surface area contributed by atoms with E-state index in [0.29, 0.717) is 19.4 Å². The number of carbonyl (C=O) groups excluding carboxylic acids is 1. The van der Waals surface area contributed by atoms with Crippen molar-refractivity contribution in [3.8, 4) is 0 Å². The number of aliphatic carboxylic acids is 1. The molecule has 130 valence electrons. The van der Waals surface area contributed by atoms with E-state index in [4.69, 9.17) is 0 Å². The lowest BCUT2D eigenvalue weighted by atomic mass is 9.90. The fourth-order valence-electron chi connectivity index (χ4n) is 3.31. The Morgan fingerprint density at radius 2 is 1.88 bits per heavy atom.